The summed E-state index contributed by atoms with van der Waals surface area (Å²) in [5.41, 5.74) is 0.938. The largest absolute Gasteiger partial charge is 0.550 e. The summed E-state index contributed by atoms with van der Waals surface area (Å²) < 4.78 is 40.8. The highest BCUT2D eigenvalue weighted by atomic mass is 32.1. The highest BCUT2D eigenvalue weighted by molar-refractivity contribution is 7.13. The Morgan fingerprint density at radius 2 is 1.92 bits per heavy atom. The Morgan fingerprint density at radius 3 is 2.56 bits per heavy atom. The monoisotopic (exact) mass is 364 g/mol. The average molecular weight is 364 g/mol. The van der Waals surface area contributed by atoms with Gasteiger partial charge >= 0.3 is 6.18 Å². The van der Waals surface area contributed by atoms with E-state index < -0.39 is 17.7 Å². The molecule has 0 saturated carbocycles. The molecule has 1 aromatic carbocycles. The van der Waals surface area contributed by atoms with E-state index in [1.54, 1.807) is 22.8 Å². The second-order valence-electron chi connectivity index (χ2n) is 5.44. The molecule has 2 aromatic heterocycles. The molecule has 0 spiro atoms. The van der Waals surface area contributed by atoms with Crippen molar-refractivity contribution in [3.05, 3.63) is 65.2 Å². The van der Waals surface area contributed by atoms with Gasteiger partial charge in [0, 0.05) is 17.4 Å². The van der Waals surface area contributed by atoms with Gasteiger partial charge in [-0.05, 0) is 54.6 Å². The average Bonchev–Trinajstić information content (AvgIpc) is 3.21. The molecule has 3 aromatic rings. The van der Waals surface area contributed by atoms with Crippen LogP contribution in [0.3, 0.4) is 0 Å². The first-order chi connectivity index (χ1) is 11.9. The fourth-order valence-electron chi connectivity index (χ4n) is 2.65. The number of carboxylic acids is 1. The second kappa shape index (κ2) is 6.76. The van der Waals surface area contributed by atoms with Crippen molar-refractivity contribution < 1.29 is 23.1 Å². The van der Waals surface area contributed by atoms with E-state index in [4.69, 9.17) is 0 Å². The predicted octanol–water partition coefficient (Wildman–Crippen LogP) is 3.91. The molecular weight excluding hydrogens is 351 g/mol. The summed E-state index contributed by atoms with van der Waals surface area (Å²) in [6.45, 7) is 0. The van der Waals surface area contributed by atoms with Crippen LogP contribution in [0.5, 0.6) is 0 Å². The fraction of sp³-hybridized carbons (Fsp3) is 0.167. The van der Waals surface area contributed by atoms with Gasteiger partial charge in [-0.1, -0.05) is 12.1 Å². The van der Waals surface area contributed by atoms with E-state index in [1.807, 2.05) is 17.5 Å². The number of halogens is 3. The molecule has 0 fully saturated rings. The number of alkyl halides is 3. The number of hydrogen-bond donors (Lipinski definition) is 0. The lowest BCUT2D eigenvalue weighted by Gasteiger charge is -2.15. The van der Waals surface area contributed by atoms with Crippen molar-refractivity contribution in [2.24, 2.45) is 0 Å². The third kappa shape index (κ3) is 3.76. The third-order valence-corrected chi connectivity index (χ3v) is 4.64. The van der Waals surface area contributed by atoms with Crippen LogP contribution in [-0.2, 0) is 17.4 Å². The topological polar surface area (TPSA) is 45.1 Å². The Hall–Kier alpha value is -2.54. The summed E-state index contributed by atoms with van der Waals surface area (Å²) in [5.74, 6) is -1.20. The number of aromatic nitrogens is 1. The summed E-state index contributed by atoms with van der Waals surface area (Å²) in [5, 5.41) is 12.6. The first-order valence-electron chi connectivity index (χ1n) is 7.48. The van der Waals surface area contributed by atoms with Crippen LogP contribution in [0.4, 0.5) is 13.2 Å². The molecule has 0 saturated heterocycles. The molecule has 0 radical (unpaired) electrons. The van der Waals surface area contributed by atoms with E-state index in [0.29, 0.717) is 11.4 Å². The summed E-state index contributed by atoms with van der Waals surface area (Å²) >= 11 is 1.46. The van der Waals surface area contributed by atoms with Crippen molar-refractivity contribution in [3.8, 4) is 16.3 Å². The molecule has 0 aliphatic carbocycles. The third-order valence-electron chi connectivity index (χ3n) is 3.75. The SMILES string of the molecule is O=C([O-])CCc1ccc(-c2cccs2)n1-c1cccc(C(F)(F)F)c1. The molecule has 0 aliphatic heterocycles. The molecule has 25 heavy (non-hydrogen) atoms. The van der Waals surface area contributed by atoms with Crippen LogP contribution < -0.4 is 5.11 Å². The van der Waals surface area contributed by atoms with Gasteiger partial charge in [-0.2, -0.15) is 13.2 Å². The molecule has 7 heteroatoms. The molecule has 0 N–H and O–H groups in total. The van der Waals surface area contributed by atoms with E-state index in [0.717, 1.165) is 22.7 Å². The molecule has 130 valence electrons. The van der Waals surface area contributed by atoms with Crippen LogP contribution in [-0.4, -0.2) is 10.5 Å². The number of thiophene rings is 1. The van der Waals surface area contributed by atoms with Gasteiger partial charge in [-0.25, -0.2) is 0 Å². The van der Waals surface area contributed by atoms with Gasteiger partial charge in [0.05, 0.1) is 16.1 Å². The van der Waals surface area contributed by atoms with E-state index in [-0.39, 0.29) is 12.8 Å². The molecule has 0 amide bonds. The Balaban J connectivity index is 2.12. The number of aryl methyl sites for hydroxylation is 1. The van der Waals surface area contributed by atoms with Crippen molar-refractivity contribution >= 4 is 17.3 Å². The second-order valence-corrected chi connectivity index (χ2v) is 6.39. The van der Waals surface area contributed by atoms with Crippen molar-refractivity contribution in [2.75, 3.05) is 0 Å². The number of hydrogen-bond acceptors (Lipinski definition) is 3. The van der Waals surface area contributed by atoms with Gasteiger partial charge in [-0.15, -0.1) is 11.3 Å². The zero-order valence-corrected chi connectivity index (χ0v) is 13.7. The van der Waals surface area contributed by atoms with Crippen LogP contribution in [0.25, 0.3) is 16.3 Å². The van der Waals surface area contributed by atoms with Gasteiger partial charge in [-0.3, -0.25) is 0 Å². The quantitative estimate of drug-likeness (QED) is 0.689. The van der Waals surface area contributed by atoms with Crippen LogP contribution in [0.1, 0.15) is 17.7 Å². The van der Waals surface area contributed by atoms with Crippen molar-refractivity contribution in [3.63, 3.8) is 0 Å². The van der Waals surface area contributed by atoms with Crippen molar-refractivity contribution in [1.82, 2.24) is 4.57 Å². The number of carboxylic acid groups (broad SMARTS) is 1. The molecular formula is C18H13F3NO2S-. The Labute approximate surface area is 146 Å². The lowest BCUT2D eigenvalue weighted by atomic mass is 10.1. The smallest absolute Gasteiger partial charge is 0.416 e. The highest BCUT2D eigenvalue weighted by Crippen LogP contribution is 2.34. The van der Waals surface area contributed by atoms with Crippen LogP contribution in [0, 0.1) is 0 Å². The number of carbonyl (C=O) groups excluding carboxylic acids is 1. The molecule has 2 heterocycles. The van der Waals surface area contributed by atoms with Gasteiger partial charge in [0.25, 0.3) is 0 Å². The summed E-state index contributed by atoms with van der Waals surface area (Å²) in [6.07, 6.45) is -4.48. The molecule has 0 aliphatic rings. The Morgan fingerprint density at radius 1 is 1.12 bits per heavy atom. The van der Waals surface area contributed by atoms with Gasteiger partial charge in [0.1, 0.15) is 0 Å². The number of carbonyl (C=O) groups is 1. The van der Waals surface area contributed by atoms with Gasteiger partial charge < -0.3 is 14.5 Å². The first-order valence-corrected chi connectivity index (χ1v) is 8.36. The Bertz CT molecular complexity index is 882. The van der Waals surface area contributed by atoms with Gasteiger partial charge in [0.2, 0.25) is 0 Å². The normalized spacial score (nSPS) is 11.6. The maximum absolute atomic E-state index is 13.0. The Kier molecular flexibility index (Phi) is 4.67. The number of benzene rings is 1. The molecule has 3 rings (SSSR count). The molecule has 0 bridgehead atoms. The van der Waals surface area contributed by atoms with E-state index >= 15 is 0 Å². The van der Waals surface area contributed by atoms with Gasteiger partial charge in [0.15, 0.2) is 0 Å². The minimum atomic E-state index is -4.45. The van der Waals surface area contributed by atoms with Crippen LogP contribution >= 0.6 is 11.3 Å². The minimum Gasteiger partial charge on any atom is -0.550 e. The van der Waals surface area contributed by atoms with Crippen molar-refractivity contribution in [1.29, 1.82) is 0 Å². The molecule has 0 unspecified atom stereocenters. The maximum atomic E-state index is 13.0. The number of aliphatic carboxylic acids is 1. The van der Waals surface area contributed by atoms with Crippen LogP contribution in [0.15, 0.2) is 53.9 Å². The highest BCUT2D eigenvalue weighted by Gasteiger charge is 2.30. The number of rotatable bonds is 5. The summed E-state index contributed by atoms with van der Waals surface area (Å²) in [6, 6.07) is 12.2. The van der Waals surface area contributed by atoms with Crippen LogP contribution in [0.2, 0.25) is 0 Å². The maximum Gasteiger partial charge on any atom is 0.416 e. The predicted molar refractivity (Wildman–Crippen MR) is 87.4 cm³/mol. The number of nitrogens with zero attached hydrogens (tertiary/aromatic N) is 1. The van der Waals surface area contributed by atoms with Crippen molar-refractivity contribution in [2.45, 2.75) is 19.0 Å². The lowest BCUT2D eigenvalue weighted by molar-refractivity contribution is -0.305. The van der Waals surface area contributed by atoms with E-state index in [1.165, 1.54) is 17.4 Å². The molecule has 0 atom stereocenters. The zero-order chi connectivity index (χ0) is 18.0. The first kappa shape index (κ1) is 17.3. The summed E-state index contributed by atoms with van der Waals surface area (Å²) in [7, 11) is 0. The van der Waals surface area contributed by atoms with E-state index in [2.05, 4.69) is 0 Å². The lowest BCUT2D eigenvalue weighted by Crippen LogP contribution is -2.22. The summed E-state index contributed by atoms with van der Waals surface area (Å²) in [4.78, 5) is 11.7. The standard InChI is InChI=1S/C18H14F3NO2S/c19-18(20,21)12-3-1-4-14(11-12)22-13(7-9-17(23)24)6-8-15(22)16-5-2-10-25-16/h1-6,8,10-11H,7,9H2,(H,23,24)/p-1. The molecule has 3 nitrogen and oxygen atoms in total. The minimum absolute atomic E-state index is 0.171. The fourth-order valence-corrected chi connectivity index (χ4v) is 3.39. The zero-order valence-electron chi connectivity index (χ0n) is 12.9. The van der Waals surface area contributed by atoms with E-state index in [9.17, 15) is 23.1 Å².